The second-order valence-corrected chi connectivity index (χ2v) is 3.00. The molecule has 0 N–H and O–H groups in total. The molecule has 0 fully saturated rings. The van der Waals surface area contributed by atoms with Gasteiger partial charge in [0.1, 0.15) is 0 Å². The molecule has 0 aliphatic rings. The van der Waals surface area contributed by atoms with Crippen molar-refractivity contribution in [3.8, 4) is 0 Å². The molecule has 74 valence electrons. The minimum absolute atomic E-state index is 0.0119. The third-order valence-corrected chi connectivity index (χ3v) is 1.98. The first-order valence-electron chi connectivity index (χ1n) is 4.45. The molecule has 0 aromatic heterocycles. The lowest BCUT2D eigenvalue weighted by Gasteiger charge is -1.93. The summed E-state index contributed by atoms with van der Waals surface area (Å²) in [6.07, 6.45) is 0.803. The van der Waals surface area contributed by atoms with Gasteiger partial charge in [-0.1, -0.05) is 43.4 Å². The van der Waals surface area contributed by atoms with Gasteiger partial charge in [0.2, 0.25) is 0 Å². The lowest BCUT2D eigenvalue weighted by molar-refractivity contribution is 0.541. The zero-order chi connectivity index (χ0) is 10.6. The molecule has 0 amide bonds. The van der Waals surface area contributed by atoms with E-state index in [1.165, 1.54) is 6.07 Å². The summed E-state index contributed by atoms with van der Waals surface area (Å²) in [4.78, 5) is 0. The van der Waals surface area contributed by atoms with Crippen molar-refractivity contribution in [2.24, 2.45) is 0 Å². The highest BCUT2D eigenvalue weighted by Gasteiger charge is 1.93. The summed E-state index contributed by atoms with van der Waals surface area (Å²) in [5, 5.41) is 0.515. The van der Waals surface area contributed by atoms with E-state index in [4.69, 9.17) is 0 Å². The first-order valence-corrected chi connectivity index (χ1v) is 4.45. The Bertz CT molecular complexity index is 440. The van der Waals surface area contributed by atoms with Gasteiger partial charge in [0.25, 0.3) is 6.08 Å². The quantitative estimate of drug-likeness (QED) is 0.678. The molecule has 0 saturated carbocycles. The molecule has 0 nitrogen and oxygen atoms in total. The minimum Gasteiger partial charge on any atom is -0.173 e. The third kappa shape index (κ3) is 2.52. The zero-order valence-corrected chi connectivity index (χ0v) is 8.06. The lowest BCUT2D eigenvalue weighted by Crippen LogP contribution is -2.24. The zero-order valence-electron chi connectivity index (χ0n) is 8.06. The van der Waals surface area contributed by atoms with Crippen LogP contribution in [0.1, 0.15) is 13.3 Å². The van der Waals surface area contributed by atoms with Gasteiger partial charge in [-0.25, -0.2) is 0 Å². The van der Waals surface area contributed by atoms with Gasteiger partial charge in [0.05, 0.1) is 0 Å². The van der Waals surface area contributed by atoms with Crippen LogP contribution in [0.3, 0.4) is 0 Å². The molecule has 1 aromatic carbocycles. The molecular weight excluding hydrogens is 182 g/mol. The first kappa shape index (κ1) is 10.6. The number of allylic oxidation sites excluding steroid dienone is 1. The molecule has 2 heteroatoms. The molecule has 1 aromatic rings. The van der Waals surface area contributed by atoms with Crippen LogP contribution in [0.15, 0.2) is 36.4 Å². The minimum atomic E-state index is -1.65. The molecular formula is C12H12F2. The van der Waals surface area contributed by atoms with Crippen molar-refractivity contribution < 1.29 is 8.78 Å². The maximum atomic E-state index is 12.4. The fourth-order valence-corrected chi connectivity index (χ4v) is 1.12. The second kappa shape index (κ2) is 4.70. The van der Waals surface area contributed by atoms with Gasteiger partial charge in [-0.15, -0.1) is 0 Å². The number of hydrogen-bond donors (Lipinski definition) is 0. The van der Waals surface area contributed by atoms with Crippen molar-refractivity contribution in [1.82, 2.24) is 0 Å². The van der Waals surface area contributed by atoms with E-state index in [9.17, 15) is 8.78 Å². The SMILES string of the molecule is C=C(/C=c1/ccccc1=C(F)F)CC. The van der Waals surface area contributed by atoms with Gasteiger partial charge in [-0.3, -0.25) is 0 Å². The Hall–Kier alpha value is -1.44. The number of rotatable bonds is 2. The van der Waals surface area contributed by atoms with Crippen LogP contribution in [0.2, 0.25) is 0 Å². The summed E-state index contributed by atoms with van der Waals surface area (Å²) in [5.74, 6) is 0. The number of hydrogen-bond acceptors (Lipinski definition) is 0. The first-order chi connectivity index (χ1) is 6.65. The van der Waals surface area contributed by atoms with Crippen molar-refractivity contribution in [3.05, 3.63) is 46.9 Å². The Morgan fingerprint density at radius 2 is 2.00 bits per heavy atom. The van der Waals surface area contributed by atoms with Crippen molar-refractivity contribution in [2.75, 3.05) is 0 Å². The summed E-state index contributed by atoms with van der Waals surface area (Å²) in [6.45, 7) is 5.70. The molecule has 0 aliphatic carbocycles. The maximum Gasteiger partial charge on any atom is 0.278 e. The predicted octanol–water partition coefficient (Wildman–Crippen LogP) is 2.44. The van der Waals surface area contributed by atoms with Crippen molar-refractivity contribution in [2.45, 2.75) is 13.3 Å². The average Bonchev–Trinajstić information content (AvgIpc) is 2.18. The molecule has 0 saturated heterocycles. The summed E-state index contributed by atoms with van der Waals surface area (Å²) in [6, 6.07) is 6.40. The van der Waals surface area contributed by atoms with Gasteiger partial charge in [-0.2, -0.15) is 8.78 Å². The highest BCUT2D eigenvalue weighted by Crippen LogP contribution is 1.97. The van der Waals surface area contributed by atoms with Gasteiger partial charge in [0.15, 0.2) is 0 Å². The molecule has 0 atom stereocenters. The Morgan fingerprint density at radius 3 is 2.57 bits per heavy atom. The van der Waals surface area contributed by atoms with Crippen molar-refractivity contribution in [3.63, 3.8) is 0 Å². The fourth-order valence-electron chi connectivity index (χ4n) is 1.12. The van der Waals surface area contributed by atoms with Gasteiger partial charge in [0, 0.05) is 5.22 Å². The van der Waals surface area contributed by atoms with E-state index in [0.29, 0.717) is 5.22 Å². The molecule has 0 radical (unpaired) electrons. The van der Waals surface area contributed by atoms with Crippen molar-refractivity contribution in [1.29, 1.82) is 0 Å². The Labute approximate surface area is 81.9 Å². The molecule has 0 bridgehead atoms. The van der Waals surface area contributed by atoms with Crippen LogP contribution < -0.4 is 10.4 Å². The largest absolute Gasteiger partial charge is 0.278 e. The smallest absolute Gasteiger partial charge is 0.173 e. The van der Waals surface area contributed by atoms with Crippen LogP contribution in [0.5, 0.6) is 0 Å². The van der Waals surface area contributed by atoms with Crippen LogP contribution in [0.4, 0.5) is 8.78 Å². The highest BCUT2D eigenvalue weighted by atomic mass is 19.3. The average molecular weight is 194 g/mol. The molecule has 1 rings (SSSR count). The van der Waals surface area contributed by atoms with E-state index < -0.39 is 6.08 Å². The van der Waals surface area contributed by atoms with Crippen LogP contribution in [-0.2, 0) is 0 Å². The van der Waals surface area contributed by atoms with E-state index in [2.05, 4.69) is 6.58 Å². The predicted molar refractivity (Wildman–Crippen MR) is 55.2 cm³/mol. The highest BCUT2D eigenvalue weighted by molar-refractivity contribution is 5.46. The Kier molecular flexibility index (Phi) is 3.57. The van der Waals surface area contributed by atoms with Crippen LogP contribution in [0, 0.1) is 0 Å². The van der Waals surface area contributed by atoms with Gasteiger partial charge >= 0.3 is 0 Å². The van der Waals surface area contributed by atoms with Crippen LogP contribution in [0.25, 0.3) is 12.2 Å². The molecule has 0 aliphatic heterocycles. The van der Waals surface area contributed by atoms with Gasteiger partial charge in [-0.05, 0) is 17.7 Å². The lowest BCUT2D eigenvalue weighted by atomic mass is 10.1. The Morgan fingerprint density at radius 1 is 1.36 bits per heavy atom. The third-order valence-electron chi connectivity index (χ3n) is 1.98. The second-order valence-electron chi connectivity index (χ2n) is 3.00. The standard InChI is InChI=1S/C12H12F2/c1-3-9(2)8-10-6-4-5-7-11(10)12(13)14/h4-8H,2-3H2,1H3/b10-8-. The Balaban J connectivity index is 3.43. The summed E-state index contributed by atoms with van der Waals surface area (Å²) < 4.78 is 24.9. The topological polar surface area (TPSA) is 0 Å². The fraction of sp³-hybridized carbons (Fsp3) is 0.167. The molecule has 0 spiro atoms. The number of benzene rings is 1. The van der Waals surface area contributed by atoms with Gasteiger partial charge < -0.3 is 0 Å². The summed E-state index contributed by atoms with van der Waals surface area (Å²) in [7, 11) is 0. The normalized spacial score (nSPS) is 11.5. The molecule has 14 heavy (non-hydrogen) atoms. The van der Waals surface area contributed by atoms with E-state index in [-0.39, 0.29) is 5.22 Å². The van der Waals surface area contributed by atoms with E-state index in [1.807, 2.05) is 6.92 Å². The van der Waals surface area contributed by atoms with Crippen molar-refractivity contribution >= 4 is 12.2 Å². The maximum absolute atomic E-state index is 12.4. The van der Waals surface area contributed by atoms with Crippen LogP contribution >= 0.6 is 0 Å². The van der Waals surface area contributed by atoms with E-state index >= 15 is 0 Å². The monoisotopic (exact) mass is 194 g/mol. The van der Waals surface area contributed by atoms with E-state index in [0.717, 1.165) is 12.0 Å². The summed E-state index contributed by atoms with van der Waals surface area (Å²) >= 11 is 0. The van der Waals surface area contributed by atoms with E-state index in [1.54, 1.807) is 24.3 Å². The summed E-state index contributed by atoms with van der Waals surface area (Å²) in [5.41, 5.74) is 0.846. The molecule has 0 heterocycles. The molecule has 0 unspecified atom stereocenters. The number of halogens is 2. The van der Waals surface area contributed by atoms with Crippen LogP contribution in [-0.4, -0.2) is 0 Å².